The molecule has 5 saturated carbocycles. The van der Waals surface area contributed by atoms with Crippen molar-refractivity contribution in [1.29, 1.82) is 0 Å². The van der Waals surface area contributed by atoms with Gasteiger partial charge in [-0.05, 0) is 75.0 Å². The number of nitrogens with zero attached hydrogens (tertiary/aromatic N) is 2. The first-order valence-electron chi connectivity index (χ1n) is 8.34. The molecule has 5 fully saturated rings. The van der Waals surface area contributed by atoms with Crippen LogP contribution in [0.25, 0.3) is 0 Å². The van der Waals surface area contributed by atoms with E-state index in [1.165, 1.54) is 38.5 Å². The van der Waals surface area contributed by atoms with Gasteiger partial charge in [-0.15, -0.1) is 12.4 Å². The van der Waals surface area contributed by atoms with Gasteiger partial charge in [-0.3, -0.25) is 0 Å². The van der Waals surface area contributed by atoms with E-state index in [0.29, 0.717) is 5.92 Å². The highest BCUT2D eigenvalue weighted by atomic mass is 35.5. The SMILES string of the molecule is Cl.NC1(c2noc(C3C4CC5CC(C4)CC3C5)n2)CCC1. The van der Waals surface area contributed by atoms with E-state index < -0.39 is 0 Å². The zero-order valence-electron chi connectivity index (χ0n) is 12.3. The van der Waals surface area contributed by atoms with Crippen molar-refractivity contribution < 1.29 is 4.52 Å². The topological polar surface area (TPSA) is 64.9 Å². The second-order valence-corrected chi connectivity index (χ2v) is 7.92. The predicted molar refractivity (Wildman–Crippen MR) is 81.0 cm³/mol. The number of rotatable bonds is 2. The van der Waals surface area contributed by atoms with Crippen LogP contribution in [-0.4, -0.2) is 10.1 Å². The van der Waals surface area contributed by atoms with Gasteiger partial charge >= 0.3 is 0 Å². The van der Waals surface area contributed by atoms with E-state index in [4.69, 9.17) is 15.2 Å². The summed E-state index contributed by atoms with van der Waals surface area (Å²) >= 11 is 0. The molecule has 1 aromatic rings. The third kappa shape index (κ3) is 1.98. The minimum absolute atomic E-state index is 0. The Labute approximate surface area is 131 Å². The number of hydrogen-bond donors (Lipinski definition) is 1. The first-order chi connectivity index (χ1) is 9.71. The highest BCUT2D eigenvalue weighted by molar-refractivity contribution is 5.85. The smallest absolute Gasteiger partial charge is 0.230 e. The van der Waals surface area contributed by atoms with Crippen molar-refractivity contribution in [3.8, 4) is 0 Å². The quantitative estimate of drug-likeness (QED) is 0.909. The fourth-order valence-corrected chi connectivity index (χ4v) is 5.68. The summed E-state index contributed by atoms with van der Waals surface area (Å²) in [6, 6.07) is 0. The number of hydrogen-bond acceptors (Lipinski definition) is 4. The number of halogens is 1. The van der Waals surface area contributed by atoms with Gasteiger partial charge in [0, 0.05) is 5.92 Å². The van der Waals surface area contributed by atoms with E-state index in [-0.39, 0.29) is 17.9 Å². The molecule has 0 amide bonds. The molecule has 2 N–H and O–H groups in total. The lowest BCUT2D eigenvalue weighted by Crippen LogP contribution is -2.45. The van der Waals surface area contributed by atoms with E-state index in [9.17, 15) is 0 Å². The predicted octanol–water partition coefficient (Wildman–Crippen LogP) is 3.37. The third-order valence-electron chi connectivity index (χ3n) is 6.64. The summed E-state index contributed by atoms with van der Waals surface area (Å²) in [5.74, 6) is 5.79. The summed E-state index contributed by atoms with van der Waals surface area (Å²) in [6.07, 6.45) is 10.3. The maximum Gasteiger partial charge on any atom is 0.230 e. The van der Waals surface area contributed by atoms with Gasteiger partial charge in [0.1, 0.15) is 0 Å². The van der Waals surface area contributed by atoms with E-state index >= 15 is 0 Å². The van der Waals surface area contributed by atoms with Crippen LogP contribution in [0.1, 0.15) is 69.0 Å². The maximum atomic E-state index is 6.33. The van der Waals surface area contributed by atoms with Crippen molar-refractivity contribution >= 4 is 12.4 Å². The molecule has 0 aliphatic heterocycles. The average Bonchev–Trinajstić information content (AvgIpc) is 2.84. The first kappa shape index (κ1) is 14.0. The Hall–Kier alpha value is -0.610. The highest BCUT2D eigenvalue weighted by Crippen LogP contribution is 2.59. The van der Waals surface area contributed by atoms with Gasteiger partial charge in [0.15, 0.2) is 5.82 Å². The summed E-state index contributed by atoms with van der Waals surface area (Å²) in [4.78, 5) is 4.75. The number of aromatic nitrogens is 2. The van der Waals surface area contributed by atoms with Gasteiger partial charge in [0.2, 0.25) is 5.89 Å². The molecule has 21 heavy (non-hydrogen) atoms. The van der Waals surface area contributed by atoms with E-state index in [1.54, 1.807) is 0 Å². The van der Waals surface area contributed by atoms with Crippen LogP contribution in [0.5, 0.6) is 0 Å². The molecule has 5 aliphatic carbocycles. The molecular formula is C16H24ClN3O. The summed E-state index contributed by atoms with van der Waals surface area (Å²) < 4.78 is 5.67. The molecule has 0 unspecified atom stereocenters. The molecule has 0 aromatic carbocycles. The lowest BCUT2D eigenvalue weighted by molar-refractivity contribution is -0.0131. The minimum Gasteiger partial charge on any atom is -0.339 e. The Morgan fingerprint density at radius 3 is 2.14 bits per heavy atom. The average molecular weight is 310 g/mol. The molecule has 6 rings (SSSR count). The lowest BCUT2D eigenvalue weighted by Gasteiger charge is -2.53. The van der Waals surface area contributed by atoms with Gasteiger partial charge in [0.25, 0.3) is 0 Å². The normalized spacial score (nSPS) is 42.4. The van der Waals surface area contributed by atoms with Gasteiger partial charge < -0.3 is 10.3 Å². The molecule has 116 valence electrons. The maximum absolute atomic E-state index is 6.33. The zero-order chi connectivity index (χ0) is 13.3. The van der Waals surface area contributed by atoms with Crippen LogP contribution in [0.3, 0.4) is 0 Å². The third-order valence-corrected chi connectivity index (χ3v) is 6.64. The molecule has 4 bridgehead atoms. The van der Waals surface area contributed by atoms with Crippen LogP contribution in [0, 0.1) is 23.7 Å². The Bertz CT molecular complexity index is 511. The van der Waals surface area contributed by atoms with Gasteiger partial charge in [-0.25, -0.2) is 0 Å². The fraction of sp³-hybridized carbons (Fsp3) is 0.875. The van der Waals surface area contributed by atoms with Crippen LogP contribution >= 0.6 is 12.4 Å². The molecule has 0 saturated heterocycles. The van der Waals surface area contributed by atoms with Crippen LogP contribution < -0.4 is 5.73 Å². The molecule has 4 nitrogen and oxygen atoms in total. The van der Waals surface area contributed by atoms with Crippen molar-refractivity contribution in [3.05, 3.63) is 11.7 Å². The van der Waals surface area contributed by atoms with Gasteiger partial charge in [-0.2, -0.15) is 4.98 Å². The van der Waals surface area contributed by atoms with Crippen LogP contribution in [-0.2, 0) is 5.54 Å². The first-order valence-corrected chi connectivity index (χ1v) is 8.34. The molecule has 0 radical (unpaired) electrons. The van der Waals surface area contributed by atoms with Crippen LogP contribution in [0.2, 0.25) is 0 Å². The minimum atomic E-state index is -0.284. The van der Waals surface area contributed by atoms with Crippen molar-refractivity contribution in [2.45, 2.75) is 62.8 Å². The molecule has 5 heteroatoms. The largest absolute Gasteiger partial charge is 0.339 e. The van der Waals surface area contributed by atoms with Gasteiger partial charge in [0.05, 0.1) is 5.54 Å². The molecule has 5 aliphatic rings. The Balaban J connectivity index is 0.00000115. The standard InChI is InChI=1S/C16H23N3O.ClH/c17-16(2-1-3-16)15-18-14(20-19-15)13-11-5-9-4-10(7-11)8-12(13)6-9;/h9-13H,1-8,17H2;1H. The van der Waals surface area contributed by atoms with Crippen molar-refractivity contribution in [2.75, 3.05) is 0 Å². The van der Waals surface area contributed by atoms with E-state index in [1.807, 2.05) is 0 Å². The van der Waals surface area contributed by atoms with E-state index in [0.717, 1.165) is 48.2 Å². The van der Waals surface area contributed by atoms with Crippen molar-refractivity contribution in [3.63, 3.8) is 0 Å². The van der Waals surface area contributed by atoms with Crippen LogP contribution in [0.4, 0.5) is 0 Å². The monoisotopic (exact) mass is 309 g/mol. The van der Waals surface area contributed by atoms with Gasteiger partial charge in [-0.1, -0.05) is 5.16 Å². The molecule has 0 atom stereocenters. The van der Waals surface area contributed by atoms with Crippen molar-refractivity contribution in [1.82, 2.24) is 10.1 Å². The summed E-state index contributed by atoms with van der Waals surface area (Å²) in [6.45, 7) is 0. The number of nitrogens with two attached hydrogens (primary N) is 1. The second kappa shape index (κ2) is 4.69. The zero-order valence-corrected chi connectivity index (χ0v) is 13.1. The molecule has 1 heterocycles. The Morgan fingerprint density at radius 1 is 1.00 bits per heavy atom. The van der Waals surface area contributed by atoms with E-state index in [2.05, 4.69) is 5.16 Å². The summed E-state index contributed by atoms with van der Waals surface area (Å²) in [5.41, 5.74) is 6.04. The Morgan fingerprint density at radius 2 is 1.62 bits per heavy atom. The molecular weight excluding hydrogens is 286 g/mol. The van der Waals surface area contributed by atoms with Crippen LogP contribution in [0.15, 0.2) is 4.52 Å². The second-order valence-electron chi connectivity index (χ2n) is 7.92. The summed E-state index contributed by atoms with van der Waals surface area (Å²) in [5, 5.41) is 4.23. The highest BCUT2D eigenvalue weighted by Gasteiger charge is 2.51. The van der Waals surface area contributed by atoms with Crippen molar-refractivity contribution in [2.24, 2.45) is 29.4 Å². The fourth-order valence-electron chi connectivity index (χ4n) is 5.68. The Kier molecular flexibility index (Phi) is 3.13. The molecule has 0 spiro atoms. The lowest BCUT2D eigenvalue weighted by atomic mass is 9.52. The summed E-state index contributed by atoms with van der Waals surface area (Å²) in [7, 11) is 0. The molecule has 1 aromatic heterocycles.